The Hall–Kier alpha value is -2.02. The fraction of sp³-hybridized carbons (Fsp3) is 0.200. The molecule has 0 bridgehead atoms. The van der Waals surface area contributed by atoms with E-state index in [0.717, 1.165) is 10.0 Å². The van der Waals surface area contributed by atoms with E-state index < -0.39 is 0 Å². The highest BCUT2D eigenvalue weighted by Gasteiger charge is 2.29. The molecule has 1 aliphatic rings. The lowest BCUT2D eigenvalue weighted by Gasteiger charge is -2.13. The summed E-state index contributed by atoms with van der Waals surface area (Å²) < 4.78 is 11.7. The zero-order valence-corrected chi connectivity index (χ0v) is 18.5. The van der Waals surface area contributed by atoms with Crippen LogP contribution in [0.4, 0.5) is 5.69 Å². The van der Waals surface area contributed by atoms with Gasteiger partial charge in [0, 0.05) is 4.47 Å². The highest BCUT2D eigenvalue weighted by Crippen LogP contribution is 2.36. The molecule has 0 aromatic heterocycles. The fourth-order valence-electron chi connectivity index (χ4n) is 2.72. The first-order valence-electron chi connectivity index (χ1n) is 8.42. The molecule has 146 valence electrons. The van der Waals surface area contributed by atoms with E-state index in [-0.39, 0.29) is 5.91 Å². The SMILES string of the molecule is CCOc1cc(Br)c(/C=C2/C(=O)N(c3ccc(Cl)c(Cl)c3)N=C2C)cc1OC. The number of hydrogen-bond acceptors (Lipinski definition) is 4. The molecule has 28 heavy (non-hydrogen) atoms. The van der Waals surface area contributed by atoms with E-state index in [1.807, 2.05) is 19.1 Å². The smallest absolute Gasteiger partial charge is 0.280 e. The molecule has 1 aliphatic heterocycles. The number of halogens is 3. The number of methoxy groups -OCH3 is 1. The summed E-state index contributed by atoms with van der Waals surface area (Å²) in [6, 6.07) is 8.56. The van der Waals surface area contributed by atoms with E-state index in [0.29, 0.717) is 45.1 Å². The van der Waals surface area contributed by atoms with Gasteiger partial charge in [-0.1, -0.05) is 39.1 Å². The first-order chi connectivity index (χ1) is 13.3. The minimum Gasteiger partial charge on any atom is -0.493 e. The van der Waals surface area contributed by atoms with Crippen molar-refractivity contribution in [2.75, 3.05) is 18.7 Å². The van der Waals surface area contributed by atoms with Gasteiger partial charge in [-0.3, -0.25) is 4.79 Å². The van der Waals surface area contributed by atoms with Gasteiger partial charge >= 0.3 is 0 Å². The molecule has 0 radical (unpaired) electrons. The molecule has 2 aromatic rings. The second kappa shape index (κ2) is 8.55. The lowest BCUT2D eigenvalue weighted by atomic mass is 10.1. The summed E-state index contributed by atoms with van der Waals surface area (Å²) in [5.41, 5.74) is 2.38. The molecular formula is C20H17BrCl2N2O3. The molecule has 0 saturated heterocycles. The summed E-state index contributed by atoms with van der Waals surface area (Å²) in [7, 11) is 1.57. The topological polar surface area (TPSA) is 51.1 Å². The van der Waals surface area contributed by atoms with Crippen LogP contribution >= 0.6 is 39.1 Å². The average molecular weight is 484 g/mol. The first-order valence-corrected chi connectivity index (χ1v) is 9.97. The van der Waals surface area contributed by atoms with Crippen molar-refractivity contribution >= 4 is 62.5 Å². The third kappa shape index (κ3) is 4.04. The predicted octanol–water partition coefficient (Wildman–Crippen LogP) is 5.97. The highest BCUT2D eigenvalue weighted by atomic mass is 79.9. The maximum atomic E-state index is 12.9. The van der Waals surface area contributed by atoms with Crippen molar-refractivity contribution in [1.82, 2.24) is 0 Å². The van der Waals surface area contributed by atoms with E-state index in [4.69, 9.17) is 32.7 Å². The number of hydrazone groups is 1. The van der Waals surface area contributed by atoms with Gasteiger partial charge in [-0.25, -0.2) is 0 Å². The van der Waals surface area contributed by atoms with Gasteiger partial charge in [0.2, 0.25) is 0 Å². The van der Waals surface area contributed by atoms with Gasteiger partial charge in [-0.05, 0) is 55.8 Å². The third-order valence-electron chi connectivity index (χ3n) is 4.09. The Balaban J connectivity index is 1.98. The molecule has 0 N–H and O–H groups in total. The second-order valence-corrected chi connectivity index (χ2v) is 7.59. The first kappa shape index (κ1) is 20.7. The highest BCUT2D eigenvalue weighted by molar-refractivity contribution is 9.10. The van der Waals surface area contributed by atoms with Crippen LogP contribution in [0, 0.1) is 0 Å². The summed E-state index contributed by atoms with van der Waals surface area (Å²) in [6.45, 7) is 4.20. The van der Waals surface area contributed by atoms with Crippen molar-refractivity contribution in [3.63, 3.8) is 0 Å². The van der Waals surface area contributed by atoms with Gasteiger partial charge < -0.3 is 9.47 Å². The number of anilines is 1. The molecular weight excluding hydrogens is 467 g/mol. The molecule has 1 heterocycles. The molecule has 0 saturated carbocycles. The Kier molecular flexibility index (Phi) is 6.33. The van der Waals surface area contributed by atoms with Crippen molar-refractivity contribution in [2.24, 2.45) is 5.10 Å². The third-order valence-corrected chi connectivity index (χ3v) is 5.52. The Morgan fingerprint density at radius 1 is 1.18 bits per heavy atom. The molecule has 0 spiro atoms. The number of ether oxygens (including phenoxy) is 2. The van der Waals surface area contributed by atoms with Crippen LogP contribution in [0.25, 0.3) is 6.08 Å². The number of carbonyl (C=O) groups excluding carboxylic acids is 1. The van der Waals surface area contributed by atoms with Crippen LogP contribution in [0.3, 0.4) is 0 Å². The minimum absolute atomic E-state index is 0.254. The Bertz CT molecular complexity index is 1010. The molecule has 0 unspecified atom stereocenters. The van der Waals surface area contributed by atoms with Crippen molar-refractivity contribution < 1.29 is 14.3 Å². The van der Waals surface area contributed by atoms with Gasteiger partial charge in [0.1, 0.15) is 0 Å². The van der Waals surface area contributed by atoms with Gasteiger partial charge in [0.15, 0.2) is 11.5 Å². The summed E-state index contributed by atoms with van der Waals surface area (Å²) in [5, 5.41) is 6.45. The number of amides is 1. The second-order valence-electron chi connectivity index (χ2n) is 5.92. The van der Waals surface area contributed by atoms with Crippen molar-refractivity contribution in [2.45, 2.75) is 13.8 Å². The standard InChI is InChI=1S/C20H17BrCl2N2O3/c1-4-28-19-10-15(21)12(8-18(19)27-3)7-14-11(2)24-25(20(14)26)13-5-6-16(22)17(23)9-13/h5-10H,4H2,1-3H3/b14-7+. The molecule has 0 aliphatic carbocycles. The van der Waals surface area contributed by atoms with Crippen LogP contribution in [0.5, 0.6) is 11.5 Å². The monoisotopic (exact) mass is 482 g/mol. The van der Waals surface area contributed by atoms with Crippen LogP contribution in [-0.2, 0) is 4.79 Å². The number of benzene rings is 2. The number of hydrogen-bond donors (Lipinski definition) is 0. The molecule has 0 fully saturated rings. The molecule has 5 nitrogen and oxygen atoms in total. The van der Waals surface area contributed by atoms with E-state index in [1.165, 1.54) is 5.01 Å². The molecule has 8 heteroatoms. The van der Waals surface area contributed by atoms with E-state index in [2.05, 4.69) is 21.0 Å². The van der Waals surface area contributed by atoms with Crippen LogP contribution in [0.2, 0.25) is 10.0 Å². The van der Waals surface area contributed by atoms with Gasteiger partial charge in [0.25, 0.3) is 5.91 Å². The molecule has 2 aromatic carbocycles. The lowest BCUT2D eigenvalue weighted by Crippen LogP contribution is -2.21. The van der Waals surface area contributed by atoms with Crippen LogP contribution in [0.15, 0.2) is 45.5 Å². The van der Waals surface area contributed by atoms with Crippen LogP contribution in [-0.4, -0.2) is 25.3 Å². The van der Waals surface area contributed by atoms with Crippen molar-refractivity contribution in [3.05, 3.63) is 56.0 Å². The van der Waals surface area contributed by atoms with Crippen LogP contribution < -0.4 is 14.5 Å². The molecule has 0 atom stereocenters. The summed E-state index contributed by atoms with van der Waals surface area (Å²) in [6.07, 6.45) is 1.76. The fourth-order valence-corrected chi connectivity index (χ4v) is 3.45. The van der Waals surface area contributed by atoms with Gasteiger partial charge in [-0.2, -0.15) is 10.1 Å². The number of carbonyl (C=O) groups is 1. The molecule has 1 amide bonds. The van der Waals surface area contributed by atoms with Crippen molar-refractivity contribution in [1.29, 1.82) is 0 Å². The Morgan fingerprint density at radius 2 is 1.93 bits per heavy atom. The predicted molar refractivity (Wildman–Crippen MR) is 117 cm³/mol. The minimum atomic E-state index is -0.254. The zero-order chi connectivity index (χ0) is 20.4. The summed E-state index contributed by atoms with van der Waals surface area (Å²) in [4.78, 5) is 12.9. The van der Waals surface area contributed by atoms with E-state index >= 15 is 0 Å². The van der Waals surface area contributed by atoms with Gasteiger partial charge in [-0.15, -0.1) is 0 Å². The van der Waals surface area contributed by atoms with Gasteiger partial charge in [0.05, 0.1) is 40.7 Å². The quantitative estimate of drug-likeness (QED) is 0.492. The van der Waals surface area contributed by atoms with Crippen molar-refractivity contribution in [3.8, 4) is 11.5 Å². The summed E-state index contributed by atoms with van der Waals surface area (Å²) in [5.74, 6) is 0.952. The van der Waals surface area contributed by atoms with Crippen LogP contribution in [0.1, 0.15) is 19.4 Å². The molecule has 3 rings (SSSR count). The normalized spacial score (nSPS) is 15.2. The van der Waals surface area contributed by atoms with E-state index in [1.54, 1.807) is 38.3 Å². The number of nitrogens with zero attached hydrogens (tertiary/aromatic N) is 2. The average Bonchev–Trinajstić information content (AvgIpc) is 2.94. The number of rotatable bonds is 5. The maximum Gasteiger partial charge on any atom is 0.280 e. The van der Waals surface area contributed by atoms with E-state index in [9.17, 15) is 4.79 Å². The lowest BCUT2D eigenvalue weighted by molar-refractivity contribution is -0.114. The summed E-state index contributed by atoms with van der Waals surface area (Å²) >= 11 is 15.6. The Labute approximate surface area is 181 Å². The largest absolute Gasteiger partial charge is 0.493 e. The zero-order valence-electron chi connectivity index (χ0n) is 15.4. The Morgan fingerprint density at radius 3 is 2.57 bits per heavy atom. The maximum absolute atomic E-state index is 12.9.